The molecule has 0 saturated carbocycles. The molecule has 0 atom stereocenters. The SMILES string of the molecule is Cc1ccc(S(=O)(=O)Oc2ccccc2S(=O)(=O)O)cc1. The van der Waals surface area contributed by atoms with Gasteiger partial charge in [-0.3, -0.25) is 4.55 Å². The van der Waals surface area contributed by atoms with E-state index < -0.39 is 30.9 Å². The van der Waals surface area contributed by atoms with E-state index >= 15 is 0 Å². The fourth-order valence-corrected chi connectivity index (χ4v) is 3.22. The molecule has 0 radical (unpaired) electrons. The molecule has 0 fully saturated rings. The van der Waals surface area contributed by atoms with Gasteiger partial charge in [0.25, 0.3) is 10.1 Å². The molecule has 0 aliphatic rings. The van der Waals surface area contributed by atoms with Gasteiger partial charge in [-0.15, -0.1) is 0 Å². The van der Waals surface area contributed by atoms with E-state index in [1.54, 1.807) is 19.1 Å². The highest BCUT2D eigenvalue weighted by Crippen LogP contribution is 2.26. The normalized spacial score (nSPS) is 12.1. The highest BCUT2D eigenvalue weighted by molar-refractivity contribution is 7.87. The molecular formula is C13H12O6S2. The van der Waals surface area contributed by atoms with Crippen molar-refractivity contribution in [2.24, 2.45) is 0 Å². The van der Waals surface area contributed by atoms with E-state index in [0.29, 0.717) is 0 Å². The Morgan fingerprint density at radius 1 is 0.905 bits per heavy atom. The van der Waals surface area contributed by atoms with Gasteiger partial charge in [0.05, 0.1) is 0 Å². The summed E-state index contributed by atoms with van der Waals surface area (Å²) in [6.07, 6.45) is 0. The van der Waals surface area contributed by atoms with Gasteiger partial charge in [0.2, 0.25) is 0 Å². The second-order valence-corrected chi connectivity index (χ2v) is 7.21. The van der Waals surface area contributed by atoms with Crippen molar-refractivity contribution < 1.29 is 25.6 Å². The molecule has 6 nitrogen and oxygen atoms in total. The summed E-state index contributed by atoms with van der Waals surface area (Å²) < 4.78 is 60.5. The highest BCUT2D eigenvalue weighted by atomic mass is 32.2. The molecule has 0 saturated heterocycles. The Balaban J connectivity index is 2.45. The van der Waals surface area contributed by atoms with Gasteiger partial charge in [0.15, 0.2) is 5.75 Å². The molecule has 0 aliphatic heterocycles. The second kappa shape index (κ2) is 5.47. The standard InChI is InChI=1S/C13H12O6S2/c1-10-6-8-11(9-7-10)21(17,18)19-12-4-2-3-5-13(12)20(14,15)16/h2-9H,1H3,(H,14,15,16). The lowest BCUT2D eigenvalue weighted by Crippen LogP contribution is -2.12. The number of aryl methyl sites for hydroxylation is 1. The lowest BCUT2D eigenvalue weighted by Gasteiger charge is -2.09. The summed E-state index contributed by atoms with van der Waals surface area (Å²) in [5, 5.41) is 0. The smallest absolute Gasteiger partial charge is 0.339 e. The van der Waals surface area contributed by atoms with Crippen LogP contribution in [-0.4, -0.2) is 21.4 Å². The summed E-state index contributed by atoms with van der Waals surface area (Å²) >= 11 is 0. The molecule has 21 heavy (non-hydrogen) atoms. The van der Waals surface area contributed by atoms with Gasteiger partial charge in [0.1, 0.15) is 9.79 Å². The van der Waals surface area contributed by atoms with Crippen LogP contribution >= 0.6 is 0 Å². The van der Waals surface area contributed by atoms with Crippen LogP contribution in [0.3, 0.4) is 0 Å². The van der Waals surface area contributed by atoms with Gasteiger partial charge in [-0.25, -0.2) is 0 Å². The molecule has 2 aromatic carbocycles. The topological polar surface area (TPSA) is 97.7 Å². The number of benzene rings is 2. The Kier molecular flexibility index (Phi) is 4.04. The van der Waals surface area contributed by atoms with Crippen LogP contribution in [0, 0.1) is 6.92 Å². The summed E-state index contributed by atoms with van der Waals surface area (Å²) in [6.45, 7) is 1.80. The zero-order valence-electron chi connectivity index (χ0n) is 10.9. The summed E-state index contributed by atoms with van der Waals surface area (Å²) in [5.41, 5.74) is 0.868. The van der Waals surface area contributed by atoms with E-state index in [2.05, 4.69) is 0 Å². The Labute approximate surface area is 122 Å². The van der Waals surface area contributed by atoms with E-state index in [1.807, 2.05) is 0 Å². The maximum Gasteiger partial charge on any atom is 0.339 e. The molecule has 0 amide bonds. The quantitative estimate of drug-likeness (QED) is 0.681. The lowest BCUT2D eigenvalue weighted by molar-refractivity contribution is 0.463. The third-order valence-corrected chi connectivity index (χ3v) is 4.78. The van der Waals surface area contributed by atoms with Crippen LogP contribution < -0.4 is 4.18 Å². The van der Waals surface area contributed by atoms with Gasteiger partial charge < -0.3 is 4.18 Å². The van der Waals surface area contributed by atoms with Crippen LogP contribution in [0.2, 0.25) is 0 Å². The van der Waals surface area contributed by atoms with E-state index in [1.165, 1.54) is 24.3 Å². The first-order chi connectivity index (χ1) is 9.70. The molecule has 112 valence electrons. The molecule has 0 aliphatic carbocycles. The molecule has 2 rings (SSSR count). The van der Waals surface area contributed by atoms with E-state index in [-0.39, 0.29) is 4.90 Å². The van der Waals surface area contributed by atoms with Gasteiger partial charge in [-0.1, -0.05) is 29.8 Å². The average Bonchev–Trinajstić information content (AvgIpc) is 2.38. The van der Waals surface area contributed by atoms with Crippen LogP contribution in [0.5, 0.6) is 5.75 Å². The van der Waals surface area contributed by atoms with E-state index in [9.17, 15) is 16.8 Å². The van der Waals surface area contributed by atoms with Crippen molar-refractivity contribution in [3.63, 3.8) is 0 Å². The highest BCUT2D eigenvalue weighted by Gasteiger charge is 2.22. The molecular weight excluding hydrogens is 316 g/mol. The number of para-hydroxylation sites is 1. The molecule has 2 aromatic rings. The van der Waals surface area contributed by atoms with Crippen LogP contribution in [0.25, 0.3) is 0 Å². The summed E-state index contributed by atoms with van der Waals surface area (Å²) in [7, 11) is -8.77. The Morgan fingerprint density at radius 3 is 2.05 bits per heavy atom. The van der Waals surface area contributed by atoms with Gasteiger partial charge in [0, 0.05) is 0 Å². The van der Waals surface area contributed by atoms with E-state index in [4.69, 9.17) is 8.74 Å². The molecule has 8 heteroatoms. The van der Waals surface area contributed by atoms with Crippen LogP contribution in [0.1, 0.15) is 5.56 Å². The van der Waals surface area contributed by atoms with Crippen LogP contribution in [0.15, 0.2) is 58.3 Å². The first kappa shape index (κ1) is 15.5. The minimum absolute atomic E-state index is 0.113. The zero-order valence-corrected chi connectivity index (χ0v) is 12.6. The molecule has 0 spiro atoms. The van der Waals surface area contributed by atoms with Gasteiger partial charge >= 0.3 is 10.1 Å². The van der Waals surface area contributed by atoms with Crippen LogP contribution in [-0.2, 0) is 20.2 Å². The summed E-state index contributed by atoms with van der Waals surface area (Å²) in [6, 6.07) is 10.8. The molecule has 1 N–H and O–H groups in total. The Hall–Kier alpha value is -1.90. The average molecular weight is 328 g/mol. The van der Waals surface area contributed by atoms with Crippen molar-refractivity contribution in [3.8, 4) is 5.75 Å². The van der Waals surface area contributed by atoms with Gasteiger partial charge in [-0.2, -0.15) is 16.8 Å². The minimum Gasteiger partial charge on any atom is -0.377 e. The molecule has 0 unspecified atom stereocenters. The van der Waals surface area contributed by atoms with Crippen molar-refractivity contribution in [1.82, 2.24) is 0 Å². The van der Waals surface area contributed by atoms with Gasteiger partial charge in [-0.05, 0) is 31.2 Å². The monoisotopic (exact) mass is 328 g/mol. The van der Waals surface area contributed by atoms with Crippen molar-refractivity contribution in [1.29, 1.82) is 0 Å². The third kappa shape index (κ3) is 3.60. The van der Waals surface area contributed by atoms with Crippen molar-refractivity contribution in [2.45, 2.75) is 16.7 Å². The minimum atomic E-state index is -4.58. The zero-order chi connectivity index (χ0) is 15.7. The fourth-order valence-electron chi connectivity index (χ4n) is 1.60. The predicted molar refractivity (Wildman–Crippen MR) is 75.2 cm³/mol. The molecule has 0 bridgehead atoms. The van der Waals surface area contributed by atoms with Crippen LogP contribution in [0.4, 0.5) is 0 Å². The Bertz CT molecular complexity index is 852. The first-order valence-electron chi connectivity index (χ1n) is 5.78. The maximum absolute atomic E-state index is 12.1. The summed E-state index contributed by atoms with van der Waals surface area (Å²) in [4.78, 5) is -0.723. The fraction of sp³-hybridized carbons (Fsp3) is 0.0769. The number of rotatable bonds is 4. The Morgan fingerprint density at radius 2 is 1.48 bits per heavy atom. The predicted octanol–water partition coefficient (Wildman–Crippen LogP) is 2.01. The van der Waals surface area contributed by atoms with Crippen molar-refractivity contribution >= 4 is 20.2 Å². The summed E-state index contributed by atoms with van der Waals surface area (Å²) in [5.74, 6) is -0.458. The lowest BCUT2D eigenvalue weighted by atomic mass is 10.2. The second-order valence-electron chi connectivity index (χ2n) is 4.27. The first-order valence-corrected chi connectivity index (χ1v) is 8.63. The maximum atomic E-state index is 12.1. The number of hydrogen-bond donors (Lipinski definition) is 1. The van der Waals surface area contributed by atoms with Crippen molar-refractivity contribution in [2.75, 3.05) is 0 Å². The molecule has 0 heterocycles. The molecule has 0 aromatic heterocycles. The number of hydrogen-bond acceptors (Lipinski definition) is 5. The third-order valence-electron chi connectivity index (χ3n) is 2.64. The largest absolute Gasteiger partial charge is 0.377 e. The van der Waals surface area contributed by atoms with Crippen molar-refractivity contribution in [3.05, 3.63) is 54.1 Å². The van der Waals surface area contributed by atoms with E-state index in [0.717, 1.165) is 17.7 Å².